The maximum atomic E-state index is 5.76. The minimum Gasteiger partial charge on any atom is -0.367 e. The molecule has 1 saturated carbocycles. The average molecular weight is 209 g/mol. The normalized spacial score (nSPS) is 27.1. The molecule has 0 aliphatic heterocycles. The van der Waals surface area contributed by atoms with Gasteiger partial charge in [-0.1, -0.05) is 31.8 Å². The van der Waals surface area contributed by atoms with Gasteiger partial charge in [-0.15, -0.1) is 0 Å². The van der Waals surface area contributed by atoms with Crippen molar-refractivity contribution in [3.63, 3.8) is 0 Å². The van der Waals surface area contributed by atoms with Crippen LogP contribution in [0.4, 0.5) is 5.95 Å². The predicted octanol–water partition coefficient (Wildman–Crippen LogP) is 1.64. The van der Waals surface area contributed by atoms with Gasteiger partial charge in [-0.3, -0.25) is 0 Å². The van der Waals surface area contributed by atoms with E-state index in [1.165, 1.54) is 19.3 Å². The van der Waals surface area contributed by atoms with Gasteiger partial charge in [0.1, 0.15) is 0 Å². The van der Waals surface area contributed by atoms with Gasteiger partial charge in [0.25, 0.3) is 0 Å². The van der Waals surface area contributed by atoms with Gasteiger partial charge < -0.3 is 5.73 Å². The maximum absolute atomic E-state index is 5.76. The van der Waals surface area contributed by atoms with Crippen LogP contribution in [-0.4, -0.2) is 20.2 Å². The molecule has 0 bridgehead atoms. The highest BCUT2D eigenvalue weighted by molar-refractivity contribution is 5.12. The molecule has 5 nitrogen and oxygen atoms in total. The molecule has 2 rings (SSSR count). The number of rotatable bonds is 2. The Morgan fingerprint density at radius 2 is 2.07 bits per heavy atom. The van der Waals surface area contributed by atoms with Crippen molar-refractivity contribution in [1.82, 2.24) is 20.2 Å². The molecule has 2 atom stereocenters. The van der Waals surface area contributed by atoms with Crippen LogP contribution in [0.2, 0.25) is 0 Å². The monoisotopic (exact) mass is 209 g/mol. The van der Waals surface area contributed by atoms with Crippen molar-refractivity contribution in [3.8, 4) is 0 Å². The molecule has 5 heteroatoms. The zero-order valence-corrected chi connectivity index (χ0v) is 9.43. The maximum Gasteiger partial charge on any atom is 0.240 e. The summed E-state index contributed by atoms with van der Waals surface area (Å²) >= 11 is 0. The summed E-state index contributed by atoms with van der Waals surface area (Å²) in [4.78, 5) is 0. The van der Waals surface area contributed by atoms with Crippen molar-refractivity contribution in [3.05, 3.63) is 0 Å². The second-order valence-electron chi connectivity index (χ2n) is 4.74. The van der Waals surface area contributed by atoms with Gasteiger partial charge in [-0.05, 0) is 35.1 Å². The average Bonchev–Trinajstić information content (AvgIpc) is 2.64. The van der Waals surface area contributed by atoms with Crippen LogP contribution in [0.15, 0.2) is 0 Å². The predicted molar refractivity (Wildman–Crippen MR) is 58.1 cm³/mol. The molecule has 1 heterocycles. The Bertz CT molecular complexity index is 319. The second-order valence-corrected chi connectivity index (χ2v) is 4.74. The number of hydrogen-bond donors (Lipinski definition) is 1. The molecular formula is C10H19N5. The fraction of sp³-hybridized carbons (Fsp3) is 0.900. The summed E-state index contributed by atoms with van der Waals surface area (Å²) in [5.41, 5.74) is 5.76. The number of tetrazole rings is 1. The minimum absolute atomic E-state index is 0.397. The van der Waals surface area contributed by atoms with Crippen LogP contribution in [-0.2, 0) is 0 Å². The fourth-order valence-corrected chi connectivity index (χ4v) is 2.66. The molecule has 0 saturated heterocycles. The first-order valence-corrected chi connectivity index (χ1v) is 5.73. The van der Waals surface area contributed by atoms with E-state index in [1.807, 2.05) is 4.68 Å². The highest BCUT2D eigenvalue weighted by Crippen LogP contribution is 2.38. The molecule has 0 amide bonds. The fourth-order valence-electron chi connectivity index (χ4n) is 2.66. The number of hydrogen-bond acceptors (Lipinski definition) is 4. The summed E-state index contributed by atoms with van der Waals surface area (Å²) in [6.07, 6.45) is 4.99. The molecule has 1 aliphatic carbocycles. The molecule has 2 unspecified atom stereocenters. The van der Waals surface area contributed by atoms with E-state index in [2.05, 4.69) is 29.4 Å². The number of aromatic nitrogens is 4. The lowest BCUT2D eigenvalue weighted by molar-refractivity contribution is 0.172. The first-order chi connectivity index (χ1) is 7.20. The molecular weight excluding hydrogens is 190 g/mol. The Labute approximate surface area is 90.0 Å². The summed E-state index contributed by atoms with van der Waals surface area (Å²) in [5, 5.41) is 11.4. The van der Waals surface area contributed by atoms with E-state index in [0.717, 1.165) is 6.42 Å². The Kier molecular flexibility index (Phi) is 2.88. The first-order valence-electron chi connectivity index (χ1n) is 5.73. The second kappa shape index (κ2) is 4.16. The molecule has 0 radical (unpaired) electrons. The van der Waals surface area contributed by atoms with E-state index in [-0.39, 0.29) is 0 Å². The SMILES string of the molecule is CC(C)C1CCCCC1n1nnnc1N. The third-order valence-electron chi connectivity index (χ3n) is 3.47. The number of anilines is 1. The third-order valence-corrected chi connectivity index (χ3v) is 3.47. The molecule has 15 heavy (non-hydrogen) atoms. The van der Waals surface area contributed by atoms with Crippen molar-refractivity contribution in [2.75, 3.05) is 5.73 Å². The van der Waals surface area contributed by atoms with Gasteiger partial charge in [0.05, 0.1) is 6.04 Å². The quantitative estimate of drug-likeness (QED) is 0.804. The largest absolute Gasteiger partial charge is 0.367 e. The lowest BCUT2D eigenvalue weighted by Crippen LogP contribution is -2.28. The molecule has 1 aliphatic rings. The van der Waals surface area contributed by atoms with Crippen LogP contribution in [0.3, 0.4) is 0 Å². The lowest BCUT2D eigenvalue weighted by Gasteiger charge is -2.34. The van der Waals surface area contributed by atoms with Crippen molar-refractivity contribution in [2.45, 2.75) is 45.6 Å². The Balaban J connectivity index is 2.21. The van der Waals surface area contributed by atoms with E-state index in [1.54, 1.807) is 0 Å². The molecule has 0 aromatic carbocycles. The minimum atomic E-state index is 0.397. The highest BCUT2D eigenvalue weighted by atomic mass is 15.6. The molecule has 1 aromatic heterocycles. The molecule has 1 fully saturated rings. The Hall–Kier alpha value is -1.13. The summed E-state index contributed by atoms with van der Waals surface area (Å²) in [6.45, 7) is 4.53. The van der Waals surface area contributed by atoms with Gasteiger partial charge in [-0.2, -0.15) is 0 Å². The van der Waals surface area contributed by atoms with Crippen molar-refractivity contribution in [1.29, 1.82) is 0 Å². The summed E-state index contributed by atoms with van der Waals surface area (Å²) < 4.78 is 1.81. The molecule has 1 aromatic rings. The van der Waals surface area contributed by atoms with E-state index < -0.39 is 0 Å². The number of nitrogens with two attached hydrogens (primary N) is 1. The highest BCUT2D eigenvalue weighted by Gasteiger charge is 2.30. The van der Waals surface area contributed by atoms with Crippen LogP contribution in [0.5, 0.6) is 0 Å². The first kappa shape index (κ1) is 10.4. The standard InChI is InChI=1S/C10H19N5/c1-7(2)8-5-3-4-6-9(8)15-10(11)12-13-14-15/h7-9H,3-6H2,1-2H3,(H2,11,12,14). The summed E-state index contributed by atoms with van der Waals surface area (Å²) in [5.74, 6) is 1.77. The molecule has 0 spiro atoms. The van der Waals surface area contributed by atoms with E-state index >= 15 is 0 Å². The molecule has 84 valence electrons. The Morgan fingerprint density at radius 1 is 1.33 bits per heavy atom. The van der Waals surface area contributed by atoms with Gasteiger partial charge >= 0.3 is 0 Å². The van der Waals surface area contributed by atoms with Gasteiger partial charge in [0.2, 0.25) is 5.95 Å². The van der Waals surface area contributed by atoms with Crippen LogP contribution in [0, 0.1) is 11.8 Å². The lowest BCUT2D eigenvalue weighted by atomic mass is 9.78. The van der Waals surface area contributed by atoms with Gasteiger partial charge in [0, 0.05) is 0 Å². The Morgan fingerprint density at radius 3 is 2.67 bits per heavy atom. The van der Waals surface area contributed by atoms with Crippen LogP contribution in [0.1, 0.15) is 45.6 Å². The topological polar surface area (TPSA) is 69.6 Å². The van der Waals surface area contributed by atoms with Crippen molar-refractivity contribution >= 4 is 5.95 Å². The summed E-state index contributed by atoms with van der Waals surface area (Å²) in [6, 6.07) is 0.397. The third kappa shape index (κ3) is 1.96. The van der Waals surface area contributed by atoms with Crippen molar-refractivity contribution < 1.29 is 0 Å². The molecule has 2 N–H and O–H groups in total. The van der Waals surface area contributed by atoms with E-state index in [9.17, 15) is 0 Å². The van der Waals surface area contributed by atoms with Gasteiger partial charge in [-0.25, -0.2) is 4.68 Å². The number of nitrogen functional groups attached to an aromatic ring is 1. The smallest absolute Gasteiger partial charge is 0.240 e. The van der Waals surface area contributed by atoms with E-state index in [4.69, 9.17) is 5.73 Å². The zero-order chi connectivity index (χ0) is 10.8. The number of nitrogens with zero attached hydrogens (tertiary/aromatic N) is 4. The van der Waals surface area contributed by atoms with E-state index in [0.29, 0.717) is 23.8 Å². The zero-order valence-electron chi connectivity index (χ0n) is 9.43. The van der Waals surface area contributed by atoms with Gasteiger partial charge in [0.15, 0.2) is 0 Å². The van der Waals surface area contributed by atoms with Crippen LogP contribution in [0.25, 0.3) is 0 Å². The van der Waals surface area contributed by atoms with Crippen LogP contribution >= 0.6 is 0 Å². The van der Waals surface area contributed by atoms with Crippen molar-refractivity contribution in [2.24, 2.45) is 11.8 Å². The summed E-state index contributed by atoms with van der Waals surface area (Å²) in [7, 11) is 0. The van der Waals surface area contributed by atoms with Crippen LogP contribution < -0.4 is 5.73 Å².